The van der Waals surface area contributed by atoms with E-state index in [1.54, 1.807) is 36.3 Å². The summed E-state index contributed by atoms with van der Waals surface area (Å²) in [5, 5.41) is 3.31. The first-order valence-electron chi connectivity index (χ1n) is 14.2. The van der Waals surface area contributed by atoms with Crippen LogP contribution in [-0.4, -0.2) is 22.6 Å². The first kappa shape index (κ1) is 32.1. The molecule has 3 heteroatoms. The Balaban J connectivity index is 0.00000152. The Morgan fingerprint density at radius 2 is 1.03 bits per heavy atom. The molecule has 0 aromatic heterocycles. The third-order valence-electron chi connectivity index (χ3n) is 9.43. The molecule has 2 aromatic carbocycles. The van der Waals surface area contributed by atoms with Gasteiger partial charge in [-0.1, -0.05) is 49.2 Å². The normalized spacial score (nSPS) is 24.0. The average molecular weight is 614 g/mol. The molecule has 0 nitrogen and oxygen atoms in total. The zero-order chi connectivity index (χ0) is 22.5. The van der Waals surface area contributed by atoms with Crippen LogP contribution < -0.4 is 10.6 Å². The van der Waals surface area contributed by atoms with E-state index in [4.69, 9.17) is 0 Å². The van der Waals surface area contributed by atoms with Gasteiger partial charge in [0.15, 0.2) is 0 Å². The van der Waals surface area contributed by atoms with Gasteiger partial charge in [-0.3, -0.25) is 0 Å². The molecule has 3 saturated carbocycles. The van der Waals surface area contributed by atoms with E-state index in [9.17, 15) is 0 Å². The standard InChI is InChI=1S/C31H44P2.2CH3.Rh/c1-25(32(26-15-6-2-7-16-26)27-17-8-3-9-18-27)30-23-14-24-31(30)33(28-19-10-4-11-20-28)29-21-12-5-13-22-29;;;/h4-5,10-13,19-22,25-27,30-31H,2-3,6-9,14-18,23-24H2,1H3;2*1H3;/q;2*-1;+3/p+2/t25-,30?,31-;;;/m1.../s1. The third kappa shape index (κ3) is 7.52. The van der Waals surface area contributed by atoms with Crippen molar-refractivity contribution in [2.75, 3.05) is 0 Å². The molecule has 0 spiro atoms. The minimum atomic E-state index is -0.747. The van der Waals surface area contributed by atoms with Crippen LogP contribution in [-0.2, 0) is 19.5 Å². The molecule has 0 aliphatic heterocycles. The second-order valence-electron chi connectivity index (χ2n) is 11.3. The zero-order valence-electron chi connectivity index (χ0n) is 23.2. The summed E-state index contributed by atoms with van der Waals surface area (Å²) in [6.45, 7) is 2.77. The smallest absolute Gasteiger partial charge is 0.358 e. The van der Waals surface area contributed by atoms with Gasteiger partial charge in [-0.25, -0.2) is 0 Å². The molecule has 2 aromatic rings. The molecule has 0 saturated heterocycles. The van der Waals surface area contributed by atoms with E-state index in [1.165, 1.54) is 57.8 Å². The van der Waals surface area contributed by atoms with Crippen LogP contribution in [0.1, 0.15) is 90.4 Å². The second kappa shape index (κ2) is 16.1. The van der Waals surface area contributed by atoms with E-state index in [0.717, 1.165) is 28.6 Å². The van der Waals surface area contributed by atoms with Crippen LogP contribution >= 0.6 is 15.8 Å². The van der Waals surface area contributed by atoms with Crippen molar-refractivity contribution in [2.24, 2.45) is 5.92 Å². The van der Waals surface area contributed by atoms with Gasteiger partial charge in [0.2, 0.25) is 0 Å². The topological polar surface area (TPSA) is 0 Å². The van der Waals surface area contributed by atoms with E-state index in [0.29, 0.717) is 0 Å². The van der Waals surface area contributed by atoms with Crippen LogP contribution in [0.5, 0.6) is 0 Å². The number of hydrogen-bond donors (Lipinski definition) is 0. The summed E-state index contributed by atoms with van der Waals surface area (Å²) in [6, 6.07) is 23.4. The van der Waals surface area contributed by atoms with Crippen molar-refractivity contribution >= 4 is 26.5 Å². The van der Waals surface area contributed by atoms with Crippen LogP contribution in [0.25, 0.3) is 0 Å². The maximum atomic E-state index is 2.77. The molecule has 3 atom stereocenters. The summed E-state index contributed by atoms with van der Waals surface area (Å²) in [5.41, 5.74) is 4.16. The fourth-order valence-electron chi connectivity index (χ4n) is 7.97. The van der Waals surface area contributed by atoms with Crippen LogP contribution in [0.15, 0.2) is 60.7 Å². The van der Waals surface area contributed by atoms with Crippen molar-refractivity contribution in [3.8, 4) is 0 Å². The Labute approximate surface area is 239 Å². The Kier molecular flexibility index (Phi) is 14.4. The molecule has 3 aliphatic rings. The predicted octanol–water partition coefficient (Wildman–Crippen LogP) is 9.19. The van der Waals surface area contributed by atoms with Gasteiger partial charge >= 0.3 is 19.5 Å². The third-order valence-corrected chi connectivity index (χ3v) is 17.3. The van der Waals surface area contributed by atoms with Gasteiger partial charge in [0.05, 0.1) is 41.2 Å². The fraction of sp³-hybridized carbons (Fsp3) is 0.576. The van der Waals surface area contributed by atoms with Crippen molar-refractivity contribution in [3.05, 3.63) is 75.5 Å². The number of benzene rings is 2. The molecule has 0 N–H and O–H groups in total. The van der Waals surface area contributed by atoms with Crippen molar-refractivity contribution in [1.29, 1.82) is 0 Å². The van der Waals surface area contributed by atoms with Gasteiger partial charge in [-0.15, -0.1) is 0 Å². The van der Waals surface area contributed by atoms with Gasteiger partial charge in [-0.05, 0) is 102 Å². The second-order valence-corrected chi connectivity index (χ2v) is 17.6. The quantitative estimate of drug-likeness (QED) is 0.166. The Hall–Kier alpha value is -0.0766. The number of rotatable bonds is 7. The summed E-state index contributed by atoms with van der Waals surface area (Å²) >= 11 is 0. The molecule has 3 aliphatic carbocycles. The minimum Gasteiger partial charge on any atom is -0.358 e. The summed E-state index contributed by atoms with van der Waals surface area (Å²) in [6.07, 6.45) is 19.8. The molecule has 36 heavy (non-hydrogen) atoms. The molecular formula is C33H52P2Rh+3. The largest absolute Gasteiger partial charge is 3.00 e. The van der Waals surface area contributed by atoms with Gasteiger partial charge in [0, 0.05) is 13.8 Å². The van der Waals surface area contributed by atoms with Crippen LogP contribution in [0.2, 0.25) is 0 Å². The fourth-order valence-corrected chi connectivity index (χ4v) is 17.0. The summed E-state index contributed by atoms with van der Waals surface area (Å²) in [5.74, 6) is 0.969. The van der Waals surface area contributed by atoms with Crippen molar-refractivity contribution in [3.63, 3.8) is 0 Å². The molecule has 1 unspecified atom stereocenters. The van der Waals surface area contributed by atoms with Crippen molar-refractivity contribution < 1.29 is 19.5 Å². The summed E-state index contributed by atoms with van der Waals surface area (Å²) < 4.78 is 0. The first-order chi connectivity index (χ1) is 16.3. The Bertz CT molecular complexity index is 772. The number of hydrogen-bond acceptors (Lipinski definition) is 0. The van der Waals surface area contributed by atoms with Gasteiger partial charge in [-0.2, -0.15) is 0 Å². The Morgan fingerprint density at radius 3 is 1.47 bits per heavy atom. The monoisotopic (exact) mass is 613 g/mol. The molecule has 0 heterocycles. The average Bonchev–Trinajstić information content (AvgIpc) is 3.36. The summed E-state index contributed by atoms with van der Waals surface area (Å²) in [4.78, 5) is 0. The van der Waals surface area contributed by atoms with Crippen LogP contribution in [0.4, 0.5) is 0 Å². The summed E-state index contributed by atoms with van der Waals surface area (Å²) in [7, 11) is -1.07. The molecular weight excluding hydrogens is 561 g/mol. The minimum absolute atomic E-state index is 0. The van der Waals surface area contributed by atoms with Crippen molar-refractivity contribution in [2.45, 2.75) is 113 Å². The van der Waals surface area contributed by atoms with Gasteiger partial charge in [0.25, 0.3) is 0 Å². The molecule has 3 fully saturated rings. The zero-order valence-corrected chi connectivity index (χ0v) is 26.8. The van der Waals surface area contributed by atoms with E-state index in [-0.39, 0.29) is 42.3 Å². The maximum Gasteiger partial charge on any atom is 3.00 e. The first-order valence-corrected chi connectivity index (χ1v) is 17.5. The van der Waals surface area contributed by atoms with E-state index in [2.05, 4.69) is 67.6 Å². The van der Waals surface area contributed by atoms with Gasteiger partial charge < -0.3 is 14.9 Å². The maximum absolute atomic E-state index is 2.77. The molecule has 0 bridgehead atoms. The molecule has 0 radical (unpaired) electrons. The molecule has 5 rings (SSSR count). The molecule has 0 amide bonds. The molecule has 200 valence electrons. The SMILES string of the molecule is C[C@H](C1CCC[C@H]1[PH+](c1ccccc1)c1ccccc1)[PH+](C1CCCCC1)C1CCCCC1.[CH3-].[CH3-].[Rh+3]. The van der Waals surface area contributed by atoms with Gasteiger partial charge in [0.1, 0.15) is 0 Å². The van der Waals surface area contributed by atoms with E-state index < -0.39 is 7.92 Å². The van der Waals surface area contributed by atoms with E-state index >= 15 is 0 Å². The van der Waals surface area contributed by atoms with E-state index in [1.807, 2.05) is 0 Å². The van der Waals surface area contributed by atoms with Crippen molar-refractivity contribution in [1.82, 2.24) is 0 Å². The van der Waals surface area contributed by atoms with Crippen LogP contribution in [0, 0.1) is 20.8 Å². The van der Waals surface area contributed by atoms with Crippen LogP contribution in [0.3, 0.4) is 0 Å². The Morgan fingerprint density at radius 1 is 0.583 bits per heavy atom. The predicted molar refractivity (Wildman–Crippen MR) is 166 cm³/mol.